The minimum absolute atomic E-state index is 0.00839. The normalized spacial score (nSPS) is 15.1. The Labute approximate surface area is 232 Å². The lowest BCUT2D eigenvalue weighted by Crippen LogP contribution is -2.54. The van der Waals surface area contributed by atoms with Crippen molar-refractivity contribution in [2.45, 2.75) is 63.7 Å². The zero-order valence-electron chi connectivity index (χ0n) is 21.9. The number of halogens is 4. The monoisotopic (exact) mass is 587 g/mol. The maximum Gasteiger partial charge on any atom is 0.416 e. The number of nitrogens with zero attached hydrogens (tertiary/aromatic N) is 2. The van der Waals surface area contributed by atoms with Crippen LogP contribution in [0.2, 0.25) is 5.02 Å². The number of hydrogen-bond acceptors (Lipinski definition) is 4. The number of rotatable bonds is 11. The van der Waals surface area contributed by atoms with Crippen LogP contribution in [0.15, 0.2) is 48.5 Å². The maximum atomic E-state index is 13.7. The summed E-state index contributed by atoms with van der Waals surface area (Å²) >= 11 is 6.12. The molecule has 0 radical (unpaired) electrons. The van der Waals surface area contributed by atoms with Crippen molar-refractivity contribution in [3.05, 3.63) is 64.7 Å². The van der Waals surface area contributed by atoms with Crippen molar-refractivity contribution >= 4 is 39.1 Å². The van der Waals surface area contributed by atoms with Gasteiger partial charge >= 0.3 is 6.18 Å². The molecule has 2 aromatic carbocycles. The van der Waals surface area contributed by atoms with E-state index in [-0.39, 0.29) is 29.9 Å². The minimum Gasteiger partial charge on any atom is -0.352 e. The number of sulfonamides is 1. The van der Waals surface area contributed by atoms with Crippen LogP contribution >= 0.6 is 11.6 Å². The standard InChI is InChI=1S/C27H33ClF3N3O4S/c1-3-23(26(36)32-21-11-7-8-12-21)33(16-15-19-9-5-4-6-10-19)25(35)18-34(39(2,37)38)24-17-20(27(29,30)31)13-14-22(24)28/h4-6,9-10,13-14,17,21,23H,3,7-8,11-12,15-16,18H2,1-2H3,(H,32,36). The van der Waals surface area contributed by atoms with E-state index in [2.05, 4.69) is 5.32 Å². The first-order chi connectivity index (χ1) is 18.3. The average molecular weight is 588 g/mol. The van der Waals surface area contributed by atoms with E-state index in [4.69, 9.17) is 11.6 Å². The predicted molar refractivity (Wildman–Crippen MR) is 145 cm³/mol. The SMILES string of the molecule is CCC(C(=O)NC1CCCC1)N(CCc1ccccc1)C(=O)CN(c1cc(C(F)(F)F)ccc1Cl)S(C)(=O)=O. The van der Waals surface area contributed by atoms with Crippen molar-refractivity contribution in [2.24, 2.45) is 0 Å². The molecule has 0 bridgehead atoms. The molecular weight excluding hydrogens is 555 g/mol. The zero-order valence-corrected chi connectivity index (χ0v) is 23.5. The van der Waals surface area contributed by atoms with Gasteiger partial charge in [-0.25, -0.2) is 8.42 Å². The van der Waals surface area contributed by atoms with Gasteiger partial charge in [0, 0.05) is 12.6 Å². The first-order valence-corrected chi connectivity index (χ1v) is 15.0. The topological polar surface area (TPSA) is 86.8 Å². The highest BCUT2D eigenvalue weighted by Gasteiger charge is 2.35. The van der Waals surface area contributed by atoms with Crippen LogP contribution in [-0.2, 0) is 32.2 Å². The van der Waals surface area contributed by atoms with Crippen molar-refractivity contribution in [1.29, 1.82) is 0 Å². The molecule has 1 atom stereocenters. The number of nitrogens with one attached hydrogen (secondary N) is 1. The molecule has 214 valence electrons. The van der Waals surface area contributed by atoms with Crippen molar-refractivity contribution in [1.82, 2.24) is 10.2 Å². The molecule has 1 fully saturated rings. The highest BCUT2D eigenvalue weighted by Crippen LogP contribution is 2.36. The predicted octanol–water partition coefficient (Wildman–Crippen LogP) is 5.03. The second-order valence-electron chi connectivity index (χ2n) is 9.67. The lowest BCUT2D eigenvalue weighted by Gasteiger charge is -2.33. The maximum absolute atomic E-state index is 13.7. The van der Waals surface area contributed by atoms with E-state index in [9.17, 15) is 31.2 Å². The van der Waals surface area contributed by atoms with Crippen LogP contribution in [0, 0.1) is 0 Å². The number of hydrogen-bond donors (Lipinski definition) is 1. The van der Waals surface area contributed by atoms with Gasteiger partial charge in [-0.1, -0.05) is 61.7 Å². The molecule has 39 heavy (non-hydrogen) atoms. The fraction of sp³-hybridized carbons (Fsp3) is 0.481. The third kappa shape index (κ3) is 8.35. The van der Waals surface area contributed by atoms with E-state index in [1.165, 1.54) is 4.90 Å². The largest absolute Gasteiger partial charge is 0.416 e. The number of alkyl halides is 3. The highest BCUT2D eigenvalue weighted by atomic mass is 35.5. The third-order valence-electron chi connectivity index (χ3n) is 6.79. The lowest BCUT2D eigenvalue weighted by atomic mass is 10.1. The molecule has 0 saturated heterocycles. The lowest BCUT2D eigenvalue weighted by molar-refractivity contribution is -0.139. The number of carbonyl (C=O) groups excluding carboxylic acids is 2. The highest BCUT2D eigenvalue weighted by molar-refractivity contribution is 7.92. The first-order valence-electron chi connectivity index (χ1n) is 12.8. The molecule has 1 aliphatic rings. The summed E-state index contributed by atoms with van der Waals surface area (Å²) in [5.74, 6) is -1.06. The van der Waals surface area contributed by atoms with Gasteiger partial charge in [0.2, 0.25) is 21.8 Å². The van der Waals surface area contributed by atoms with Gasteiger partial charge in [-0.15, -0.1) is 0 Å². The van der Waals surface area contributed by atoms with Gasteiger partial charge in [0.1, 0.15) is 12.6 Å². The summed E-state index contributed by atoms with van der Waals surface area (Å²) in [4.78, 5) is 28.3. The molecule has 1 aliphatic carbocycles. The van der Waals surface area contributed by atoms with E-state index in [1.807, 2.05) is 30.3 Å². The van der Waals surface area contributed by atoms with Crippen LogP contribution < -0.4 is 9.62 Å². The second-order valence-corrected chi connectivity index (χ2v) is 12.0. The summed E-state index contributed by atoms with van der Waals surface area (Å²) in [5, 5.41) is 2.74. The van der Waals surface area contributed by atoms with E-state index in [0.29, 0.717) is 16.8 Å². The summed E-state index contributed by atoms with van der Waals surface area (Å²) in [5.41, 5.74) is -0.664. The molecule has 2 aromatic rings. The quantitative estimate of drug-likeness (QED) is 0.399. The van der Waals surface area contributed by atoms with Crippen LogP contribution in [0.3, 0.4) is 0 Å². The smallest absolute Gasteiger partial charge is 0.352 e. The molecule has 7 nitrogen and oxygen atoms in total. The van der Waals surface area contributed by atoms with Gasteiger partial charge in [-0.2, -0.15) is 13.2 Å². The summed E-state index contributed by atoms with van der Waals surface area (Å²) in [6.45, 7) is 1.04. The van der Waals surface area contributed by atoms with Gasteiger partial charge in [0.05, 0.1) is 22.5 Å². The number of amides is 2. The fourth-order valence-corrected chi connectivity index (χ4v) is 5.86. The molecule has 0 heterocycles. The molecule has 1 saturated carbocycles. The van der Waals surface area contributed by atoms with Crippen molar-refractivity contribution in [3.8, 4) is 0 Å². The third-order valence-corrected chi connectivity index (χ3v) is 8.24. The molecule has 3 rings (SSSR count). The molecule has 1 unspecified atom stereocenters. The summed E-state index contributed by atoms with van der Waals surface area (Å²) in [6, 6.07) is 10.7. The number of benzene rings is 2. The van der Waals surface area contributed by atoms with E-state index in [1.54, 1.807) is 6.92 Å². The molecule has 0 aromatic heterocycles. The summed E-state index contributed by atoms with van der Waals surface area (Å²) < 4.78 is 66.2. The van der Waals surface area contributed by atoms with Gasteiger partial charge in [-0.3, -0.25) is 13.9 Å². The average Bonchev–Trinajstić information content (AvgIpc) is 3.37. The Balaban J connectivity index is 1.94. The summed E-state index contributed by atoms with van der Waals surface area (Å²) in [6.07, 6.45) is 0.380. The molecule has 1 N–H and O–H groups in total. The Hall–Kier alpha value is -2.79. The van der Waals surface area contributed by atoms with Crippen LogP contribution in [0.1, 0.15) is 50.2 Å². The van der Waals surface area contributed by atoms with E-state index >= 15 is 0 Å². The molecule has 12 heteroatoms. The molecular formula is C27H33ClF3N3O4S. The number of anilines is 1. The minimum atomic E-state index is -4.75. The second kappa shape index (κ2) is 13.0. The van der Waals surface area contributed by atoms with Gasteiger partial charge in [0.25, 0.3) is 0 Å². The Morgan fingerprint density at radius 1 is 1.10 bits per heavy atom. The fourth-order valence-electron chi connectivity index (χ4n) is 4.74. The van der Waals surface area contributed by atoms with Crippen LogP contribution in [0.25, 0.3) is 0 Å². The number of carbonyl (C=O) groups is 2. The molecule has 0 spiro atoms. The van der Waals surface area contributed by atoms with E-state index < -0.39 is 45.9 Å². The van der Waals surface area contributed by atoms with Crippen molar-refractivity contribution < 1.29 is 31.2 Å². The van der Waals surface area contributed by atoms with E-state index in [0.717, 1.165) is 49.6 Å². The Morgan fingerprint density at radius 3 is 2.31 bits per heavy atom. The van der Waals surface area contributed by atoms with Gasteiger partial charge in [-0.05, 0) is 49.4 Å². The molecule has 2 amide bonds. The van der Waals surface area contributed by atoms with Crippen LogP contribution in [-0.4, -0.2) is 56.6 Å². The Morgan fingerprint density at radius 2 is 1.74 bits per heavy atom. The summed E-state index contributed by atoms with van der Waals surface area (Å²) in [7, 11) is -4.24. The zero-order chi connectivity index (χ0) is 28.8. The Bertz CT molecular complexity index is 1250. The molecule has 0 aliphatic heterocycles. The van der Waals surface area contributed by atoms with Crippen molar-refractivity contribution in [2.75, 3.05) is 23.7 Å². The van der Waals surface area contributed by atoms with Crippen molar-refractivity contribution in [3.63, 3.8) is 0 Å². The Kier molecular flexibility index (Phi) is 10.3. The van der Waals surface area contributed by atoms with Crippen LogP contribution in [0.5, 0.6) is 0 Å². The van der Waals surface area contributed by atoms with Crippen LogP contribution in [0.4, 0.5) is 18.9 Å². The van der Waals surface area contributed by atoms with Gasteiger partial charge in [0.15, 0.2) is 0 Å². The first kappa shape index (κ1) is 30.7. The van der Waals surface area contributed by atoms with Gasteiger partial charge < -0.3 is 10.2 Å².